The first-order valence-electron chi connectivity index (χ1n) is 7.24. The van der Waals surface area contributed by atoms with Crippen molar-refractivity contribution >= 4 is 10.0 Å². The minimum Gasteiger partial charge on any atom is -0.330 e. The van der Waals surface area contributed by atoms with Crippen molar-refractivity contribution in [3.63, 3.8) is 0 Å². The van der Waals surface area contributed by atoms with Crippen LogP contribution in [0.1, 0.15) is 24.5 Å². The summed E-state index contributed by atoms with van der Waals surface area (Å²) >= 11 is 0. The van der Waals surface area contributed by atoms with E-state index in [1.165, 1.54) is 16.4 Å². The molecule has 2 rings (SSSR count). The van der Waals surface area contributed by atoms with E-state index in [1.54, 1.807) is 13.8 Å². The Balaban J connectivity index is 2.39. The van der Waals surface area contributed by atoms with Crippen LogP contribution >= 0.6 is 0 Å². The van der Waals surface area contributed by atoms with E-state index in [0.717, 1.165) is 6.42 Å². The van der Waals surface area contributed by atoms with E-state index in [1.807, 2.05) is 0 Å². The van der Waals surface area contributed by atoms with Gasteiger partial charge in [-0.05, 0) is 61.9 Å². The maximum Gasteiger partial charge on any atom is 0.243 e. The fraction of sp³-hybridized carbons (Fsp3) is 0.600. The number of hydrogen-bond acceptors (Lipinski definition) is 3. The summed E-state index contributed by atoms with van der Waals surface area (Å²) in [7, 11) is -3.60. The van der Waals surface area contributed by atoms with Gasteiger partial charge in [-0.1, -0.05) is 6.92 Å². The Morgan fingerprint density at radius 3 is 2.43 bits per heavy atom. The Labute approximate surface area is 126 Å². The molecule has 0 bridgehead atoms. The molecule has 1 aliphatic heterocycles. The van der Waals surface area contributed by atoms with Crippen LogP contribution in [0.25, 0.3) is 0 Å². The quantitative estimate of drug-likeness (QED) is 0.928. The van der Waals surface area contributed by atoms with Crippen LogP contribution < -0.4 is 5.73 Å². The molecule has 1 aromatic rings. The van der Waals surface area contributed by atoms with Crippen LogP contribution in [0.4, 0.5) is 4.39 Å². The third-order valence-electron chi connectivity index (χ3n) is 4.40. The van der Waals surface area contributed by atoms with Crippen LogP contribution in [0.3, 0.4) is 0 Å². The fourth-order valence-corrected chi connectivity index (χ4v) is 5.00. The summed E-state index contributed by atoms with van der Waals surface area (Å²) in [6, 6.07) is 2.54. The summed E-state index contributed by atoms with van der Waals surface area (Å²) in [4.78, 5) is 0.231. The van der Waals surface area contributed by atoms with Crippen LogP contribution in [0.15, 0.2) is 17.0 Å². The van der Waals surface area contributed by atoms with Gasteiger partial charge in [0.2, 0.25) is 10.0 Å². The van der Waals surface area contributed by atoms with Crippen molar-refractivity contribution in [2.24, 2.45) is 17.6 Å². The molecule has 0 aromatic heterocycles. The lowest BCUT2D eigenvalue weighted by Crippen LogP contribution is -2.45. The number of nitrogens with two attached hydrogens (primary N) is 1. The lowest BCUT2D eigenvalue weighted by molar-refractivity contribution is 0.203. The maximum absolute atomic E-state index is 13.4. The SMILES string of the molecule is Cc1cc(F)cc(C)c1S(=O)(=O)N1CCC(C)C(CN)C1. The van der Waals surface area contributed by atoms with Gasteiger partial charge in [-0.15, -0.1) is 0 Å². The molecule has 0 saturated carbocycles. The van der Waals surface area contributed by atoms with Crippen LogP contribution in [0.2, 0.25) is 0 Å². The second kappa shape index (κ2) is 6.02. The largest absolute Gasteiger partial charge is 0.330 e. The predicted octanol–water partition coefficient (Wildman–Crippen LogP) is 2.05. The van der Waals surface area contributed by atoms with Crippen molar-refractivity contribution in [2.45, 2.75) is 32.1 Å². The number of benzene rings is 1. The number of halogens is 1. The van der Waals surface area contributed by atoms with E-state index in [-0.39, 0.29) is 10.8 Å². The molecule has 118 valence electrons. The van der Waals surface area contributed by atoms with E-state index >= 15 is 0 Å². The lowest BCUT2D eigenvalue weighted by atomic mass is 9.88. The molecule has 21 heavy (non-hydrogen) atoms. The molecule has 0 spiro atoms. The highest BCUT2D eigenvalue weighted by atomic mass is 32.2. The minimum atomic E-state index is -3.60. The summed E-state index contributed by atoms with van der Waals surface area (Å²) in [6.45, 7) is 6.79. The Hall–Kier alpha value is -0.980. The third-order valence-corrected chi connectivity index (χ3v) is 6.57. The van der Waals surface area contributed by atoms with Gasteiger partial charge in [-0.2, -0.15) is 4.31 Å². The molecule has 1 aliphatic rings. The molecule has 4 nitrogen and oxygen atoms in total. The number of sulfonamides is 1. The van der Waals surface area contributed by atoms with Gasteiger partial charge in [0, 0.05) is 13.1 Å². The summed E-state index contributed by atoms with van der Waals surface area (Å²) in [6.07, 6.45) is 0.806. The molecule has 1 fully saturated rings. The number of nitrogens with zero attached hydrogens (tertiary/aromatic N) is 1. The minimum absolute atomic E-state index is 0.176. The molecule has 1 heterocycles. The van der Waals surface area contributed by atoms with Gasteiger partial charge < -0.3 is 5.73 Å². The number of piperidine rings is 1. The average Bonchev–Trinajstić information content (AvgIpc) is 2.37. The van der Waals surface area contributed by atoms with Gasteiger partial charge in [-0.25, -0.2) is 12.8 Å². The number of rotatable bonds is 3. The van der Waals surface area contributed by atoms with Crippen LogP contribution in [0.5, 0.6) is 0 Å². The van der Waals surface area contributed by atoms with Gasteiger partial charge in [0.05, 0.1) is 4.90 Å². The summed E-state index contributed by atoms with van der Waals surface area (Å²) < 4.78 is 40.6. The van der Waals surface area contributed by atoms with Crippen molar-refractivity contribution in [2.75, 3.05) is 19.6 Å². The number of aryl methyl sites for hydroxylation is 2. The van der Waals surface area contributed by atoms with Crippen LogP contribution in [-0.4, -0.2) is 32.4 Å². The van der Waals surface area contributed by atoms with Gasteiger partial charge in [0.1, 0.15) is 5.82 Å². The van der Waals surface area contributed by atoms with Crippen molar-refractivity contribution in [3.8, 4) is 0 Å². The molecule has 0 aliphatic carbocycles. The third kappa shape index (κ3) is 3.12. The first-order chi connectivity index (χ1) is 9.77. The molecule has 1 saturated heterocycles. The molecule has 1 aromatic carbocycles. The Kier molecular flexibility index (Phi) is 4.70. The highest BCUT2D eigenvalue weighted by Gasteiger charge is 2.34. The Bertz CT molecular complexity index is 608. The van der Waals surface area contributed by atoms with Gasteiger partial charge >= 0.3 is 0 Å². The highest BCUT2D eigenvalue weighted by Crippen LogP contribution is 2.30. The second-order valence-electron chi connectivity index (χ2n) is 5.99. The monoisotopic (exact) mass is 314 g/mol. The standard InChI is InChI=1S/C15H23FN2O2S/c1-10-4-5-18(9-13(10)8-17)21(19,20)15-11(2)6-14(16)7-12(15)3/h6-7,10,13H,4-5,8-9,17H2,1-3H3. The zero-order valence-electron chi connectivity index (χ0n) is 12.8. The first-order valence-corrected chi connectivity index (χ1v) is 8.68. The molecule has 2 atom stereocenters. The molecule has 0 radical (unpaired) electrons. The van der Waals surface area contributed by atoms with Crippen LogP contribution in [0, 0.1) is 31.5 Å². The van der Waals surface area contributed by atoms with E-state index in [2.05, 4.69) is 6.92 Å². The maximum atomic E-state index is 13.4. The van der Waals surface area contributed by atoms with Crippen LogP contribution in [-0.2, 0) is 10.0 Å². The smallest absolute Gasteiger partial charge is 0.243 e. The highest BCUT2D eigenvalue weighted by molar-refractivity contribution is 7.89. The van der Waals surface area contributed by atoms with Crippen molar-refractivity contribution in [1.82, 2.24) is 4.31 Å². The second-order valence-corrected chi connectivity index (χ2v) is 7.87. The summed E-state index contributed by atoms with van der Waals surface area (Å²) in [5.41, 5.74) is 6.65. The topological polar surface area (TPSA) is 63.4 Å². The van der Waals surface area contributed by atoms with Gasteiger partial charge in [0.15, 0.2) is 0 Å². The molecular weight excluding hydrogens is 291 g/mol. The van der Waals surface area contributed by atoms with Gasteiger partial charge in [0.25, 0.3) is 0 Å². The van der Waals surface area contributed by atoms with E-state index < -0.39 is 15.8 Å². The van der Waals surface area contributed by atoms with E-state index in [9.17, 15) is 12.8 Å². The zero-order chi connectivity index (χ0) is 15.8. The molecule has 2 unspecified atom stereocenters. The fourth-order valence-electron chi connectivity index (χ4n) is 3.07. The normalized spacial score (nSPS) is 24.2. The van der Waals surface area contributed by atoms with Crippen molar-refractivity contribution < 1.29 is 12.8 Å². The van der Waals surface area contributed by atoms with E-state index in [4.69, 9.17) is 5.73 Å². The molecule has 0 amide bonds. The van der Waals surface area contributed by atoms with Crippen molar-refractivity contribution in [3.05, 3.63) is 29.1 Å². The Morgan fingerprint density at radius 1 is 1.33 bits per heavy atom. The van der Waals surface area contributed by atoms with Crippen molar-refractivity contribution in [1.29, 1.82) is 0 Å². The predicted molar refractivity (Wildman–Crippen MR) is 81.0 cm³/mol. The lowest BCUT2D eigenvalue weighted by Gasteiger charge is -2.36. The summed E-state index contributed by atoms with van der Waals surface area (Å²) in [5, 5.41) is 0. The zero-order valence-corrected chi connectivity index (χ0v) is 13.6. The molecule has 2 N–H and O–H groups in total. The molecular formula is C15H23FN2O2S. The first kappa shape index (κ1) is 16.4. The number of hydrogen-bond donors (Lipinski definition) is 1. The average molecular weight is 314 g/mol. The molecule has 6 heteroatoms. The van der Waals surface area contributed by atoms with Gasteiger partial charge in [-0.3, -0.25) is 0 Å². The Morgan fingerprint density at radius 2 is 1.90 bits per heavy atom. The van der Waals surface area contributed by atoms with E-state index in [0.29, 0.717) is 36.7 Å². The summed E-state index contributed by atoms with van der Waals surface area (Å²) in [5.74, 6) is 0.197.